The molecule has 2 aliphatic heterocycles. The molecule has 2 bridgehead atoms. The van der Waals surface area contributed by atoms with Crippen LogP contribution in [0.2, 0.25) is 0 Å². The number of likely N-dealkylation sites (tertiary alicyclic amines) is 1. The molecule has 274 valence electrons. The van der Waals surface area contributed by atoms with Crippen LogP contribution in [-0.2, 0) is 16.2 Å². The van der Waals surface area contributed by atoms with Crippen molar-refractivity contribution in [1.29, 1.82) is 0 Å². The van der Waals surface area contributed by atoms with E-state index in [2.05, 4.69) is 43.4 Å². The second-order valence-corrected chi connectivity index (χ2v) is 16.1. The van der Waals surface area contributed by atoms with Crippen LogP contribution in [0.25, 0.3) is 11.1 Å². The number of rotatable bonds is 11. The second-order valence-electron chi connectivity index (χ2n) is 16.1. The molecule has 0 aromatic heterocycles. The summed E-state index contributed by atoms with van der Waals surface area (Å²) in [4.78, 5) is 38.2. The molecule has 7 rings (SSSR count). The maximum atomic E-state index is 14.2. The van der Waals surface area contributed by atoms with Crippen molar-refractivity contribution >= 4 is 17.5 Å². The highest BCUT2D eigenvalue weighted by Crippen LogP contribution is 2.61. The number of carbonyl (C=O) groups is 2. The predicted octanol–water partition coefficient (Wildman–Crippen LogP) is 3.52. The van der Waals surface area contributed by atoms with Crippen molar-refractivity contribution in [2.75, 3.05) is 52.8 Å². The standard InChI is InChI=1S/C39H57N5O6/c1-22-31-17-27(39(31,3)4)18-32(22)41-38(48)35-34(23(2)46)33(21-45)50-44(35)19-24-10-9-11-30(36(24)49-8)25-14-26(16-29(15-25)42(5)6)37(47)40-28-12-13-43(7)20-28/h9-11,14-16,22-23,27-28,31-35,45-46H,12-13,17-21H2,1-8H3,(H,40,47)(H,41,48)/t22-,23-,27-,28?,31+,32-,33-,34+,35-/m0/s1. The predicted molar refractivity (Wildman–Crippen MR) is 194 cm³/mol. The molecule has 4 N–H and O–H groups in total. The lowest BCUT2D eigenvalue weighted by atomic mass is 9.45. The molecule has 0 radical (unpaired) electrons. The molecular formula is C39H57N5O6. The molecule has 3 aliphatic carbocycles. The Balaban J connectivity index is 1.28. The number of hydroxylamine groups is 2. The third-order valence-corrected chi connectivity index (χ3v) is 12.4. The number of para-hydroxylation sites is 1. The average Bonchev–Trinajstić information content (AvgIpc) is 3.67. The normalized spacial score (nSPS) is 31.2. The number of hydrogen-bond donors (Lipinski definition) is 4. The molecule has 5 aliphatic rings. The molecule has 0 spiro atoms. The fourth-order valence-electron chi connectivity index (χ4n) is 9.31. The molecule has 11 nitrogen and oxygen atoms in total. The summed E-state index contributed by atoms with van der Waals surface area (Å²) < 4.78 is 6.05. The Morgan fingerprint density at radius 1 is 1.16 bits per heavy atom. The number of likely N-dealkylation sites (N-methyl/N-ethyl adjacent to an activating group) is 1. The number of fused-ring (bicyclic) bond motifs is 2. The summed E-state index contributed by atoms with van der Waals surface area (Å²) in [5.41, 5.74) is 4.13. The quantitative estimate of drug-likeness (QED) is 0.280. The largest absolute Gasteiger partial charge is 0.496 e. The van der Waals surface area contributed by atoms with Crippen molar-refractivity contribution in [3.63, 3.8) is 0 Å². The van der Waals surface area contributed by atoms with Crippen LogP contribution in [-0.4, -0.2) is 110 Å². The first-order valence-electron chi connectivity index (χ1n) is 18.2. The summed E-state index contributed by atoms with van der Waals surface area (Å²) in [5, 5.41) is 29.4. The number of anilines is 1. The van der Waals surface area contributed by atoms with Gasteiger partial charge in [-0.25, -0.2) is 0 Å². The topological polar surface area (TPSA) is 127 Å². The van der Waals surface area contributed by atoms with Gasteiger partial charge in [-0.05, 0) is 86.7 Å². The van der Waals surface area contributed by atoms with Gasteiger partial charge in [0.15, 0.2) is 0 Å². The number of nitrogens with one attached hydrogen (secondary N) is 2. The lowest BCUT2D eigenvalue weighted by Crippen LogP contribution is -2.62. The van der Waals surface area contributed by atoms with Gasteiger partial charge in [-0.1, -0.05) is 39.0 Å². The number of amides is 2. The molecule has 2 aromatic rings. The zero-order chi connectivity index (χ0) is 36.1. The van der Waals surface area contributed by atoms with E-state index in [1.165, 1.54) is 6.42 Å². The van der Waals surface area contributed by atoms with Crippen molar-refractivity contribution in [3.05, 3.63) is 47.5 Å². The molecule has 3 saturated carbocycles. The van der Waals surface area contributed by atoms with Crippen molar-refractivity contribution in [2.24, 2.45) is 29.1 Å². The molecule has 50 heavy (non-hydrogen) atoms. The van der Waals surface area contributed by atoms with Crippen molar-refractivity contribution in [3.8, 4) is 16.9 Å². The van der Waals surface area contributed by atoms with Gasteiger partial charge in [-0.3, -0.25) is 14.4 Å². The van der Waals surface area contributed by atoms with Gasteiger partial charge < -0.3 is 35.4 Å². The highest BCUT2D eigenvalue weighted by Gasteiger charge is 2.57. The number of methoxy groups -OCH3 is 1. The average molecular weight is 692 g/mol. The molecule has 2 amide bonds. The zero-order valence-electron chi connectivity index (χ0n) is 31.0. The first-order chi connectivity index (χ1) is 23.7. The van der Waals surface area contributed by atoms with Gasteiger partial charge in [-0.15, -0.1) is 0 Å². The van der Waals surface area contributed by atoms with E-state index < -0.39 is 24.2 Å². The van der Waals surface area contributed by atoms with E-state index in [9.17, 15) is 19.8 Å². The Kier molecular flexibility index (Phi) is 10.5. The van der Waals surface area contributed by atoms with E-state index in [0.29, 0.717) is 34.5 Å². The number of hydrogen-bond acceptors (Lipinski definition) is 9. The van der Waals surface area contributed by atoms with E-state index in [4.69, 9.17) is 9.57 Å². The summed E-state index contributed by atoms with van der Waals surface area (Å²) >= 11 is 0. The lowest BCUT2D eigenvalue weighted by molar-refractivity contribution is -0.183. The molecule has 2 heterocycles. The Morgan fingerprint density at radius 2 is 1.92 bits per heavy atom. The smallest absolute Gasteiger partial charge is 0.251 e. The molecule has 9 atom stereocenters. The summed E-state index contributed by atoms with van der Waals surface area (Å²) in [6.07, 6.45) is 1.43. The Hall–Kier alpha value is -3.22. The van der Waals surface area contributed by atoms with Gasteiger partial charge in [0, 0.05) is 61.0 Å². The van der Waals surface area contributed by atoms with E-state index >= 15 is 0 Å². The van der Waals surface area contributed by atoms with Gasteiger partial charge in [0.05, 0.1) is 26.4 Å². The third-order valence-electron chi connectivity index (χ3n) is 12.4. The molecular weight excluding hydrogens is 634 g/mol. The van der Waals surface area contributed by atoms with Crippen LogP contribution >= 0.6 is 0 Å². The molecule has 1 unspecified atom stereocenters. The van der Waals surface area contributed by atoms with Crippen LogP contribution in [0, 0.1) is 29.1 Å². The number of aliphatic hydroxyl groups excluding tert-OH is 2. The van der Waals surface area contributed by atoms with E-state index in [1.54, 1.807) is 19.1 Å². The summed E-state index contributed by atoms with van der Waals surface area (Å²) in [6, 6.07) is 11.0. The fourth-order valence-corrected chi connectivity index (χ4v) is 9.31. The highest BCUT2D eigenvalue weighted by molar-refractivity contribution is 5.97. The number of ether oxygens (including phenoxy) is 1. The first kappa shape index (κ1) is 36.6. The van der Waals surface area contributed by atoms with Crippen LogP contribution < -0.4 is 20.3 Å². The summed E-state index contributed by atoms with van der Waals surface area (Å²) in [7, 11) is 7.57. The summed E-state index contributed by atoms with van der Waals surface area (Å²) in [6.45, 7) is 10.2. The van der Waals surface area contributed by atoms with Crippen molar-refractivity contribution in [2.45, 2.75) is 83.8 Å². The second kappa shape index (κ2) is 14.4. The third kappa shape index (κ3) is 6.87. The Labute approximate surface area is 297 Å². The number of benzene rings is 2. The fraction of sp³-hybridized carbons (Fsp3) is 0.641. The number of aliphatic hydroxyl groups is 2. The Morgan fingerprint density at radius 3 is 2.52 bits per heavy atom. The molecule has 2 aromatic carbocycles. The van der Waals surface area contributed by atoms with Gasteiger partial charge in [0.1, 0.15) is 17.9 Å². The van der Waals surface area contributed by atoms with E-state index in [1.807, 2.05) is 55.4 Å². The van der Waals surface area contributed by atoms with Crippen LogP contribution in [0.4, 0.5) is 5.69 Å². The zero-order valence-corrected chi connectivity index (χ0v) is 31.0. The molecule has 5 fully saturated rings. The lowest BCUT2D eigenvalue weighted by Gasteiger charge is -2.62. The minimum Gasteiger partial charge on any atom is -0.496 e. The minimum absolute atomic E-state index is 0.0479. The number of carbonyl (C=O) groups excluding carboxylic acids is 2. The van der Waals surface area contributed by atoms with E-state index in [0.717, 1.165) is 48.3 Å². The SMILES string of the molecule is COc1c(CN2O[C@@H](CO)[C@@H]([C@H](C)O)[C@H]2C(=O)N[C@H]2C[C@@H]3C[C@H]([C@@H]2C)C3(C)C)cccc1-c1cc(C(=O)NC2CCN(C)C2)cc(N(C)C)c1. The molecule has 11 heteroatoms. The summed E-state index contributed by atoms with van der Waals surface area (Å²) in [5.74, 6) is 1.15. The van der Waals surface area contributed by atoms with Gasteiger partial charge in [-0.2, -0.15) is 5.06 Å². The molecule has 2 saturated heterocycles. The van der Waals surface area contributed by atoms with E-state index in [-0.39, 0.29) is 37.0 Å². The number of nitrogens with zero attached hydrogens (tertiary/aromatic N) is 3. The Bertz CT molecular complexity index is 1560. The van der Waals surface area contributed by atoms with Crippen molar-refractivity contribution in [1.82, 2.24) is 20.6 Å². The maximum Gasteiger partial charge on any atom is 0.251 e. The maximum absolute atomic E-state index is 14.2. The van der Waals surface area contributed by atoms with Gasteiger partial charge in [0.25, 0.3) is 5.91 Å². The van der Waals surface area contributed by atoms with Gasteiger partial charge >= 0.3 is 0 Å². The van der Waals surface area contributed by atoms with Gasteiger partial charge in [0.2, 0.25) is 5.91 Å². The minimum atomic E-state index is -0.889. The van der Waals surface area contributed by atoms with Crippen LogP contribution in [0.5, 0.6) is 5.75 Å². The van der Waals surface area contributed by atoms with Crippen LogP contribution in [0.3, 0.4) is 0 Å². The van der Waals surface area contributed by atoms with Crippen LogP contribution in [0.15, 0.2) is 36.4 Å². The highest BCUT2D eigenvalue weighted by atomic mass is 16.7. The van der Waals surface area contributed by atoms with Crippen LogP contribution in [0.1, 0.15) is 62.9 Å². The first-order valence-corrected chi connectivity index (χ1v) is 18.2. The monoisotopic (exact) mass is 691 g/mol. The van der Waals surface area contributed by atoms with Crippen molar-refractivity contribution < 1.29 is 29.4 Å².